The summed E-state index contributed by atoms with van der Waals surface area (Å²) in [4.78, 5) is 2.64. The zero-order valence-electron chi connectivity index (χ0n) is 37.2. The summed E-state index contributed by atoms with van der Waals surface area (Å²) in [5.74, 6) is -38.6. The van der Waals surface area contributed by atoms with Crippen LogP contribution in [0.25, 0.3) is 0 Å². The fraction of sp³-hybridized carbons (Fsp3) is 0.302. The molecule has 0 bridgehead atoms. The Morgan fingerprint density at radius 3 is 0.625 bits per heavy atom. The molecule has 72 heavy (non-hydrogen) atoms. The van der Waals surface area contributed by atoms with Crippen LogP contribution < -0.4 is 22.1 Å². The van der Waals surface area contributed by atoms with Gasteiger partial charge in [-0.2, -0.15) is 0 Å². The summed E-state index contributed by atoms with van der Waals surface area (Å²) in [6.07, 6.45) is 3.87. The molecule has 0 saturated heterocycles. The molecule has 5 aromatic rings. The van der Waals surface area contributed by atoms with Crippen molar-refractivity contribution in [2.75, 3.05) is 19.6 Å². The van der Waals surface area contributed by atoms with Crippen LogP contribution in [0.15, 0.2) is 24.3 Å². The zero-order chi connectivity index (χ0) is 56.3. The molecular weight excluding hydrogens is 1100 g/mol. The van der Waals surface area contributed by atoms with Crippen molar-refractivity contribution in [1.29, 1.82) is 0 Å². The van der Waals surface area contributed by atoms with Crippen LogP contribution in [-0.2, 0) is 6.18 Å². The van der Waals surface area contributed by atoms with Crippen LogP contribution in [0.1, 0.15) is 64.9 Å². The van der Waals surface area contributed by atoms with Gasteiger partial charge >= 0.3 is 357 Å². The zero-order valence-corrected chi connectivity index (χ0v) is 43.0. The standard InChI is InChI=1S/C12H27N.C7H4F3.4C6F5.5Al/c1-4-7-10-13(11-8-5-2)12-9-6-3;8-7(9,10)6-4-2-1-3-5-6;4*7-2-1-3(8)5(10)6(11)4(2)9;;;;;/h4-12H2,1-3H3;2-5H;;;;;;;;;/q;;;;;;5*+2. The van der Waals surface area contributed by atoms with Crippen molar-refractivity contribution in [2.24, 2.45) is 0 Å². The van der Waals surface area contributed by atoms with E-state index in [0.717, 1.165) is 16.6 Å². The van der Waals surface area contributed by atoms with E-state index in [1.165, 1.54) is 135 Å². The molecule has 0 aromatic heterocycles. The number of hydrogen-bond acceptors (Lipinski definition) is 1. The predicted octanol–water partition coefficient (Wildman–Crippen LogP) is 9.89. The monoisotopic (exact) mass is 1130 g/mol. The number of nitrogens with zero attached hydrogens (tertiary/aromatic N) is 1. The van der Waals surface area contributed by atoms with E-state index in [4.69, 9.17) is 0 Å². The average Bonchev–Trinajstić information content (AvgIpc) is 3.36. The third-order valence-electron chi connectivity index (χ3n) is 8.70. The maximum absolute atomic E-state index is 12.4. The van der Waals surface area contributed by atoms with Gasteiger partial charge in [0.2, 0.25) is 0 Å². The van der Waals surface area contributed by atoms with E-state index in [1.54, 1.807) is 0 Å². The summed E-state index contributed by atoms with van der Waals surface area (Å²) in [5, 5.41) is 0. The minimum atomic E-state index is -4.22. The number of rotatable bonds is 9. The number of alkyl halides is 3. The van der Waals surface area contributed by atoms with E-state index in [-0.39, 0.29) is 0 Å². The Kier molecular flexibility index (Phi) is 31.2. The van der Waals surface area contributed by atoms with Gasteiger partial charge in [0.05, 0.1) is 0 Å². The molecule has 0 spiro atoms. The Morgan fingerprint density at radius 1 is 0.306 bits per heavy atom. The van der Waals surface area contributed by atoms with E-state index < -0.39 is 146 Å². The summed E-state index contributed by atoms with van der Waals surface area (Å²) in [7, 11) is 0. The molecule has 0 amide bonds. The summed E-state index contributed by atoms with van der Waals surface area (Å²) in [6.45, 7) is 10.8. The van der Waals surface area contributed by atoms with Gasteiger partial charge in [-0.05, 0) is 38.9 Å². The Morgan fingerprint density at radius 2 is 0.472 bits per heavy atom. The van der Waals surface area contributed by atoms with Crippen molar-refractivity contribution in [2.45, 2.75) is 65.5 Å². The van der Waals surface area contributed by atoms with Crippen LogP contribution in [0.4, 0.5) is 101 Å². The van der Waals surface area contributed by atoms with Crippen molar-refractivity contribution >= 4 is 104 Å². The first-order valence-corrected chi connectivity index (χ1v) is 22.8. The second kappa shape index (κ2) is 32.5. The van der Waals surface area contributed by atoms with Crippen molar-refractivity contribution in [3.8, 4) is 0 Å². The molecule has 0 radical (unpaired) electrons. The van der Waals surface area contributed by atoms with Gasteiger partial charge in [-0.1, -0.05) is 40.0 Å². The normalized spacial score (nSPS) is 10.8. The van der Waals surface area contributed by atoms with Crippen LogP contribution in [-0.4, -0.2) is 106 Å². The molecule has 5 aromatic carbocycles. The summed E-state index contributed by atoms with van der Waals surface area (Å²) in [5.41, 5.74) is -0.608. The Bertz CT molecular complexity index is 1850. The molecule has 29 heteroatoms. The van der Waals surface area contributed by atoms with E-state index >= 15 is 0 Å². The third kappa shape index (κ3) is 20.0. The number of unbranched alkanes of at least 4 members (excludes halogenated alkanes) is 3. The molecule has 0 aliphatic heterocycles. The predicted molar refractivity (Wildman–Crippen MR) is 224 cm³/mol. The first-order valence-electron chi connectivity index (χ1n) is 19.9. The van der Waals surface area contributed by atoms with Gasteiger partial charge < -0.3 is 4.90 Å². The summed E-state index contributed by atoms with van der Waals surface area (Å²) < 4.78 is 279. The van der Waals surface area contributed by atoms with E-state index in [2.05, 4.69) is 42.0 Å². The maximum atomic E-state index is 12.4. The molecule has 0 fully saturated rings. The molecule has 0 atom stereocenters. The van der Waals surface area contributed by atoms with E-state index in [0.29, 0.717) is 0 Å². The molecule has 374 valence electrons. The topological polar surface area (TPSA) is 3.24 Å². The molecular formula is C43H31Al5F23N+10. The van der Waals surface area contributed by atoms with Gasteiger partial charge in [-0.3, -0.25) is 0 Å². The fourth-order valence-electron chi connectivity index (χ4n) is 4.64. The first kappa shape index (κ1) is 69.1. The fourth-order valence-corrected chi connectivity index (χ4v) is 5.85. The third-order valence-corrected chi connectivity index (χ3v) is 11.1. The van der Waals surface area contributed by atoms with E-state index in [9.17, 15) is 101 Å². The number of hydrogen-bond donors (Lipinski definition) is 0. The number of benzene rings is 5. The Balaban J connectivity index is 0.000000840. The van der Waals surface area contributed by atoms with Crippen molar-refractivity contribution in [3.63, 3.8) is 0 Å². The Labute approximate surface area is 438 Å². The molecule has 0 saturated carbocycles. The average molecular weight is 1130 g/mol. The Hall–Kier alpha value is -2.89. The van der Waals surface area contributed by atoms with Gasteiger partial charge in [-0.15, -0.1) is 0 Å². The molecule has 0 unspecified atom stereocenters. The molecule has 1 nitrogen and oxygen atoms in total. The molecule has 0 heterocycles. The van der Waals surface area contributed by atoms with Gasteiger partial charge in [0.25, 0.3) is 0 Å². The molecule has 0 N–H and O–H groups in total. The minimum absolute atomic E-state index is 0.608. The van der Waals surface area contributed by atoms with Crippen LogP contribution in [0, 0.1) is 116 Å². The second-order valence-electron chi connectivity index (χ2n) is 14.0. The van der Waals surface area contributed by atoms with Crippen molar-refractivity contribution < 1.29 is 101 Å². The van der Waals surface area contributed by atoms with Gasteiger partial charge in [0.1, 0.15) is 0 Å². The summed E-state index contributed by atoms with van der Waals surface area (Å²) >= 11 is 8.08. The van der Waals surface area contributed by atoms with Crippen LogP contribution in [0.2, 0.25) is 0 Å². The van der Waals surface area contributed by atoms with Gasteiger partial charge in [0.15, 0.2) is 0 Å². The van der Waals surface area contributed by atoms with Crippen LogP contribution in [0.5, 0.6) is 0 Å². The van der Waals surface area contributed by atoms with E-state index in [1.807, 2.05) is 0 Å². The van der Waals surface area contributed by atoms with Gasteiger partial charge in [-0.25, -0.2) is 0 Å². The second-order valence-corrected chi connectivity index (χ2v) is 16.9. The van der Waals surface area contributed by atoms with Crippen LogP contribution in [0.3, 0.4) is 0 Å². The molecule has 0 aliphatic carbocycles. The quantitative estimate of drug-likeness (QED) is 0.0616. The summed E-state index contributed by atoms with van der Waals surface area (Å²) in [6, 6.07) is 4.94. The first-order chi connectivity index (χ1) is 33.2. The SMILES string of the molecule is CCCCN(CCCC)CCCC.FC(F)(F)c1cc[c]([Al+2])cc1.Fc1c(F)c(F)[c]([Al+2])c(F)c1F.Fc1c(F)c(F)[c]([Al+2])c(F)c1F.Fc1c(F)c(F)[c]([Al+2])c(F)c1F.Fc1c(F)c(F)[c]([Al+2])c(F)c1F. The molecule has 0 aliphatic rings. The molecule has 5 rings (SSSR count). The van der Waals surface area contributed by atoms with Crippen molar-refractivity contribution in [1.82, 2.24) is 4.90 Å². The number of halogens is 23. The van der Waals surface area contributed by atoms with Crippen molar-refractivity contribution in [3.05, 3.63) is 146 Å². The van der Waals surface area contributed by atoms with Crippen LogP contribution >= 0.6 is 0 Å². The van der Waals surface area contributed by atoms with Gasteiger partial charge in [0, 0.05) is 0 Å².